The molecule has 0 aliphatic heterocycles. The van der Waals surface area contributed by atoms with Gasteiger partial charge in [0.25, 0.3) is 0 Å². The number of hydrogen-bond donors (Lipinski definition) is 2. The summed E-state index contributed by atoms with van der Waals surface area (Å²) in [6, 6.07) is 8.26. The van der Waals surface area contributed by atoms with E-state index in [9.17, 15) is 10.2 Å². The largest absolute Gasteiger partial charge is 0.395 e. The molecular formula is C13H21ClO2Si. The second kappa shape index (κ2) is 5.53. The van der Waals surface area contributed by atoms with Gasteiger partial charge in [-0.25, -0.2) is 0 Å². The predicted octanol–water partition coefficient (Wildman–Crippen LogP) is 2.90. The Morgan fingerprint density at radius 3 is 1.88 bits per heavy atom. The number of aliphatic hydroxyl groups excluding tert-OH is 2. The van der Waals surface area contributed by atoms with Crippen LogP contribution < -0.4 is 0 Å². The van der Waals surface area contributed by atoms with Crippen LogP contribution in [0.5, 0.6) is 0 Å². The predicted molar refractivity (Wildman–Crippen MR) is 75.5 cm³/mol. The van der Waals surface area contributed by atoms with Crippen LogP contribution in [0.4, 0.5) is 0 Å². The highest BCUT2D eigenvalue weighted by Crippen LogP contribution is 2.33. The van der Waals surface area contributed by atoms with Gasteiger partial charge >= 0.3 is 0 Å². The molecule has 0 saturated carbocycles. The van der Waals surface area contributed by atoms with Crippen molar-refractivity contribution in [2.45, 2.75) is 31.1 Å². The van der Waals surface area contributed by atoms with Crippen molar-refractivity contribution < 1.29 is 10.2 Å². The highest BCUT2D eigenvalue weighted by molar-refractivity contribution is 6.76. The maximum Gasteiger partial charge on any atom is 0.0547 e. The summed E-state index contributed by atoms with van der Waals surface area (Å²) in [6.07, 6.45) is 0. The summed E-state index contributed by atoms with van der Waals surface area (Å²) in [4.78, 5) is 0. The average Bonchev–Trinajstić information content (AvgIpc) is 2.26. The molecule has 2 N–H and O–H groups in total. The summed E-state index contributed by atoms with van der Waals surface area (Å²) < 4.78 is 0. The van der Waals surface area contributed by atoms with Crippen LogP contribution >= 0.6 is 11.6 Å². The zero-order chi connectivity index (χ0) is 13.1. The lowest BCUT2D eigenvalue weighted by Crippen LogP contribution is -2.41. The molecule has 0 amide bonds. The van der Waals surface area contributed by atoms with E-state index in [1.54, 1.807) is 12.1 Å². The van der Waals surface area contributed by atoms with Crippen molar-refractivity contribution in [1.82, 2.24) is 0 Å². The smallest absolute Gasteiger partial charge is 0.0547 e. The summed E-state index contributed by atoms with van der Waals surface area (Å²) in [6.45, 7) is 6.65. The highest BCUT2D eigenvalue weighted by Gasteiger charge is 2.36. The molecule has 2 nitrogen and oxygen atoms in total. The van der Waals surface area contributed by atoms with E-state index in [4.69, 9.17) is 11.6 Å². The number of rotatable bonds is 5. The van der Waals surface area contributed by atoms with E-state index in [1.807, 2.05) is 12.1 Å². The first-order valence-corrected chi connectivity index (χ1v) is 9.89. The fraction of sp³-hybridized carbons (Fsp3) is 0.538. The monoisotopic (exact) mass is 272 g/mol. The quantitative estimate of drug-likeness (QED) is 0.809. The Morgan fingerprint density at radius 2 is 1.53 bits per heavy atom. The molecule has 1 rings (SSSR count). The van der Waals surface area contributed by atoms with Crippen LogP contribution in [-0.2, 0) is 5.41 Å². The maximum atomic E-state index is 9.69. The standard InChI is InChI=1S/C13H21ClO2Si/c1-17(2,3)10-13(8-15,9-16)11-4-6-12(14)7-5-11/h4-7,15-16H,8-10H2,1-3H3. The third-order valence-corrected chi connectivity index (χ3v) is 4.92. The third-order valence-electron chi connectivity index (χ3n) is 2.93. The van der Waals surface area contributed by atoms with E-state index in [1.165, 1.54) is 0 Å². The summed E-state index contributed by atoms with van der Waals surface area (Å²) in [7, 11) is -1.38. The van der Waals surface area contributed by atoms with E-state index >= 15 is 0 Å². The molecule has 0 heterocycles. The molecule has 0 aliphatic carbocycles. The van der Waals surface area contributed by atoms with Gasteiger partial charge in [0.05, 0.1) is 13.2 Å². The maximum absolute atomic E-state index is 9.69. The topological polar surface area (TPSA) is 40.5 Å². The Bertz CT molecular complexity index is 353. The van der Waals surface area contributed by atoms with Crippen molar-refractivity contribution in [3.8, 4) is 0 Å². The van der Waals surface area contributed by atoms with Gasteiger partial charge < -0.3 is 10.2 Å². The Hall–Kier alpha value is -0.353. The summed E-state index contributed by atoms with van der Waals surface area (Å²) >= 11 is 5.86. The Morgan fingerprint density at radius 1 is 1.06 bits per heavy atom. The fourth-order valence-corrected chi connectivity index (χ4v) is 4.85. The number of hydrogen-bond acceptors (Lipinski definition) is 2. The molecule has 17 heavy (non-hydrogen) atoms. The normalized spacial score (nSPS) is 12.8. The van der Waals surface area contributed by atoms with Gasteiger partial charge in [0.1, 0.15) is 0 Å². The van der Waals surface area contributed by atoms with Crippen LogP contribution in [0.3, 0.4) is 0 Å². The van der Waals surface area contributed by atoms with Gasteiger partial charge in [-0.2, -0.15) is 0 Å². The van der Waals surface area contributed by atoms with E-state index in [-0.39, 0.29) is 13.2 Å². The molecule has 0 bridgehead atoms. The van der Waals surface area contributed by atoms with Crippen LogP contribution in [0, 0.1) is 0 Å². The lowest BCUT2D eigenvalue weighted by atomic mass is 9.84. The van der Waals surface area contributed by atoms with Gasteiger partial charge in [0.15, 0.2) is 0 Å². The Kier molecular flexibility index (Phi) is 4.78. The molecule has 0 spiro atoms. The minimum absolute atomic E-state index is 0.0323. The molecule has 0 unspecified atom stereocenters. The molecule has 0 radical (unpaired) electrons. The van der Waals surface area contributed by atoms with Crippen LogP contribution in [-0.4, -0.2) is 31.5 Å². The second-order valence-electron chi connectivity index (χ2n) is 5.84. The first-order valence-electron chi connectivity index (χ1n) is 5.81. The van der Waals surface area contributed by atoms with E-state index in [0.717, 1.165) is 11.6 Å². The number of benzene rings is 1. The average molecular weight is 273 g/mol. The molecule has 1 aromatic rings. The van der Waals surface area contributed by atoms with Gasteiger partial charge in [0.2, 0.25) is 0 Å². The van der Waals surface area contributed by atoms with Gasteiger partial charge in [-0.3, -0.25) is 0 Å². The fourth-order valence-electron chi connectivity index (χ4n) is 2.27. The molecule has 4 heteroatoms. The minimum Gasteiger partial charge on any atom is -0.395 e. The number of halogens is 1. The molecule has 1 aromatic carbocycles. The van der Waals surface area contributed by atoms with Crippen molar-refractivity contribution in [1.29, 1.82) is 0 Å². The van der Waals surface area contributed by atoms with Gasteiger partial charge in [0, 0.05) is 18.5 Å². The molecule has 0 aromatic heterocycles. The third kappa shape index (κ3) is 3.81. The zero-order valence-corrected chi connectivity index (χ0v) is 12.5. The first kappa shape index (κ1) is 14.7. The first-order chi connectivity index (χ1) is 7.83. The van der Waals surface area contributed by atoms with E-state index in [0.29, 0.717) is 5.02 Å². The Balaban J connectivity index is 3.10. The summed E-state index contributed by atoms with van der Waals surface area (Å²) in [5.41, 5.74) is 0.434. The number of aliphatic hydroxyl groups is 2. The molecule has 0 aliphatic rings. The van der Waals surface area contributed by atoms with Crippen LogP contribution in [0.25, 0.3) is 0 Å². The van der Waals surface area contributed by atoms with E-state index in [2.05, 4.69) is 19.6 Å². The van der Waals surface area contributed by atoms with Crippen molar-refractivity contribution in [2.24, 2.45) is 0 Å². The Labute approximate surface area is 109 Å². The molecule has 96 valence electrons. The zero-order valence-electron chi connectivity index (χ0n) is 10.7. The van der Waals surface area contributed by atoms with Gasteiger partial charge in [-0.15, -0.1) is 0 Å². The van der Waals surface area contributed by atoms with Crippen LogP contribution in [0.1, 0.15) is 5.56 Å². The molecular weight excluding hydrogens is 252 g/mol. The van der Waals surface area contributed by atoms with Crippen LogP contribution in [0.15, 0.2) is 24.3 Å². The van der Waals surface area contributed by atoms with Crippen molar-refractivity contribution >= 4 is 19.7 Å². The van der Waals surface area contributed by atoms with Crippen LogP contribution in [0.2, 0.25) is 30.7 Å². The minimum atomic E-state index is -1.38. The lowest BCUT2D eigenvalue weighted by molar-refractivity contribution is 0.128. The summed E-state index contributed by atoms with van der Waals surface area (Å²) in [5, 5.41) is 20.1. The van der Waals surface area contributed by atoms with Crippen molar-refractivity contribution in [3.05, 3.63) is 34.9 Å². The molecule has 0 fully saturated rings. The molecule has 0 atom stereocenters. The van der Waals surface area contributed by atoms with Gasteiger partial charge in [-0.1, -0.05) is 43.4 Å². The highest BCUT2D eigenvalue weighted by atomic mass is 35.5. The van der Waals surface area contributed by atoms with Gasteiger partial charge in [-0.05, 0) is 23.7 Å². The second-order valence-corrected chi connectivity index (χ2v) is 11.8. The van der Waals surface area contributed by atoms with E-state index < -0.39 is 13.5 Å². The van der Waals surface area contributed by atoms with Crippen molar-refractivity contribution in [3.63, 3.8) is 0 Å². The van der Waals surface area contributed by atoms with Crippen molar-refractivity contribution in [2.75, 3.05) is 13.2 Å². The molecule has 0 saturated heterocycles. The SMILES string of the molecule is C[Si](C)(C)CC(CO)(CO)c1ccc(Cl)cc1. The lowest BCUT2D eigenvalue weighted by Gasteiger charge is -2.35. The summed E-state index contributed by atoms with van der Waals surface area (Å²) in [5.74, 6) is 0.